The molecule has 0 unspecified atom stereocenters. The van der Waals surface area contributed by atoms with Crippen LogP contribution in [0.3, 0.4) is 0 Å². The maximum Gasteiger partial charge on any atom is 0.228 e. The van der Waals surface area contributed by atoms with Gasteiger partial charge in [-0.1, -0.05) is 13.8 Å². The number of carbonyl (C=O) groups is 1. The van der Waals surface area contributed by atoms with Gasteiger partial charge < -0.3 is 10.1 Å². The zero-order valence-electron chi connectivity index (χ0n) is 11.1. The van der Waals surface area contributed by atoms with E-state index in [1.807, 2.05) is 19.9 Å². The standard InChI is InChI=1S/C12H21N3O2/c1-8(2)9-6-10(15-14-9)13-11(16)7-12(3,4)17-5/h6,8H,7H2,1-5H3,(H2,13,14,15,16). The number of aromatic nitrogens is 2. The number of ether oxygens (including phenoxy) is 1. The van der Waals surface area contributed by atoms with E-state index in [2.05, 4.69) is 29.4 Å². The zero-order chi connectivity index (χ0) is 13.1. The van der Waals surface area contributed by atoms with E-state index in [0.717, 1.165) is 5.69 Å². The number of hydrogen-bond acceptors (Lipinski definition) is 3. The van der Waals surface area contributed by atoms with Gasteiger partial charge in [0.25, 0.3) is 0 Å². The van der Waals surface area contributed by atoms with Gasteiger partial charge >= 0.3 is 0 Å². The van der Waals surface area contributed by atoms with Crippen LogP contribution in [0.15, 0.2) is 6.07 Å². The molecule has 0 saturated heterocycles. The molecule has 0 saturated carbocycles. The average molecular weight is 239 g/mol. The van der Waals surface area contributed by atoms with E-state index in [1.165, 1.54) is 0 Å². The van der Waals surface area contributed by atoms with Gasteiger partial charge in [-0.15, -0.1) is 0 Å². The highest BCUT2D eigenvalue weighted by atomic mass is 16.5. The van der Waals surface area contributed by atoms with Crippen LogP contribution in [0.5, 0.6) is 0 Å². The Morgan fingerprint density at radius 1 is 1.59 bits per heavy atom. The summed E-state index contributed by atoms with van der Waals surface area (Å²) in [7, 11) is 1.60. The molecule has 0 atom stereocenters. The van der Waals surface area contributed by atoms with Gasteiger partial charge in [0.15, 0.2) is 5.82 Å². The summed E-state index contributed by atoms with van der Waals surface area (Å²) in [5.74, 6) is 0.827. The van der Waals surface area contributed by atoms with Gasteiger partial charge in [0.1, 0.15) is 0 Å². The number of carbonyl (C=O) groups excluding carboxylic acids is 1. The van der Waals surface area contributed by atoms with Crippen LogP contribution in [0.2, 0.25) is 0 Å². The largest absolute Gasteiger partial charge is 0.378 e. The molecule has 1 amide bonds. The monoisotopic (exact) mass is 239 g/mol. The lowest BCUT2D eigenvalue weighted by Gasteiger charge is -2.21. The van der Waals surface area contributed by atoms with Gasteiger partial charge in [-0.3, -0.25) is 9.89 Å². The molecular weight excluding hydrogens is 218 g/mol. The fourth-order valence-electron chi connectivity index (χ4n) is 1.34. The number of H-pyrrole nitrogens is 1. The number of aromatic amines is 1. The van der Waals surface area contributed by atoms with Crippen LogP contribution in [0, 0.1) is 0 Å². The molecule has 0 aliphatic heterocycles. The third kappa shape index (κ3) is 4.19. The third-order valence-electron chi connectivity index (χ3n) is 2.63. The smallest absolute Gasteiger partial charge is 0.228 e. The quantitative estimate of drug-likeness (QED) is 0.828. The number of rotatable bonds is 5. The third-order valence-corrected chi connectivity index (χ3v) is 2.63. The van der Waals surface area contributed by atoms with Crippen molar-refractivity contribution in [2.24, 2.45) is 0 Å². The summed E-state index contributed by atoms with van der Waals surface area (Å²) >= 11 is 0. The van der Waals surface area contributed by atoms with Gasteiger partial charge in [0.05, 0.1) is 12.0 Å². The van der Waals surface area contributed by atoms with Crippen molar-refractivity contribution in [3.63, 3.8) is 0 Å². The molecule has 1 rings (SSSR count). The second kappa shape index (κ2) is 5.31. The highest BCUT2D eigenvalue weighted by Gasteiger charge is 2.21. The van der Waals surface area contributed by atoms with Gasteiger partial charge in [-0.25, -0.2) is 0 Å². The summed E-state index contributed by atoms with van der Waals surface area (Å²) in [6, 6.07) is 1.85. The summed E-state index contributed by atoms with van der Waals surface area (Å²) in [5.41, 5.74) is 0.549. The van der Waals surface area contributed by atoms with E-state index in [1.54, 1.807) is 7.11 Å². The van der Waals surface area contributed by atoms with Crippen molar-refractivity contribution in [1.82, 2.24) is 10.2 Å². The van der Waals surface area contributed by atoms with Crippen molar-refractivity contribution < 1.29 is 9.53 Å². The fourth-order valence-corrected chi connectivity index (χ4v) is 1.34. The molecule has 0 aromatic carbocycles. The first-order chi connectivity index (χ1) is 7.84. The highest BCUT2D eigenvalue weighted by Crippen LogP contribution is 2.17. The summed E-state index contributed by atoms with van der Waals surface area (Å²) in [5, 5.41) is 9.67. The first-order valence-corrected chi connectivity index (χ1v) is 5.74. The van der Waals surface area contributed by atoms with Crippen molar-refractivity contribution in [2.45, 2.75) is 45.6 Å². The zero-order valence-corrected chi connectivity index (χ0v) is 11.1. The maximum absolute atomic E-state index is 11.7. The van der Waals surface area contributed by atoms with Crippen molar-refractivity contribution >= 4 is 11.7 Å². The van der Waals surface area contributed by atoms with Crippen LogP contribution < -0.4 is 5.32 Å². The van der Waals surface area contributed by atoms with E-state index in [9.17, 15) is 4.79 Å². The lowest BCUT2D eigenvalue weighted by molar-refractivity contribution is -0.121. The van der Waals surface area contributed by atoms with E-state index >= 15 is 0 Å². The number of hydrogen-bond donors (Lipinski definition) is 2. The van der Waals surface area contributed by atoms with E-state index in [0.29, 0.717) is 18.2 Å². The lowest BCUT2D eigenvalue weighted by atomic mass is 10.1. The number of nitrogens with zero attached hydrogens (tertiary/aromatic N) is 1. The maximum atomic E-state index is 11.7. The fraction of sp³-hybridized carbons (Fsp3) is 0.667. The first-order valence-electron chi connectivity index (χ1n) is 5.74. The Morgan fingerprint density at radius 3 is 2.71 bits per heavy atom. The molecule has 0 bridgehead atoms. The molecule has 0 radical (unpaired) electrons. The Balaban J connectivity index is 2.56. The SMILES string of the molecule is COC(C)(C)CC(=O)Nc1cc(C(C)C)[nH]n1. The van der Waals surface area contributed by atoms with Crippen molar-refractivity contribution in [1.29, 1.82) is 0 Å². The molecule has 0 aliphatic rings. The highest BCUT2D eigenvalue weighted by molar-refractivity contribution is 5.90. The molecule has 5 nitrogen and oxygen atoms in total. The summed E-state index contributed by atoms with van der Waals surface area (Å²) in [6.45, 7) is 7.87. The van der Waals surface area contributed by atoms with Crippen LogP contribution in [-0.4, -0.2) is 28.8 Å². The topological polar surface area (TPSA) is 67.0 Å². The Kier molecular flexibility index (Phi) is 4.28. The Morgan fingerprint density at radius 2 is 2.24 bits per heavy atom. The summed E-state index contributed by atoms with van der Waals surface area (Å²) in [4.78, 5) is 11.7. The van der Waals surface area contributed by atoms with E-state index in [-0.39, 0.29) is 5.91 Å². The van der Waals surface area contributed by atoms with E-state index in [4.69, 9.17) is 4.74 Å². The minimum atomic E-state index is -0.457. The predicted octanol–water partition coefficient (Wildman–Crippen LogP) is 2.29. The Labute approximate surface area is 102 Å². The number of nitrogens with one attached hydrogen (secondary N) is 2. The van der Waals surface area contributed by atoms with Crippen molar-refractivity contribution in [3.05, 3.63) is 11.8 Å². The second-order valence-corrected chi connectivity index (χ2v) is 5.05. The molecule has 1 aromatic rings. The molecule has 17 heavy (non-hydrogen) atoms. The predicted molar refractivity (Wildman–Crippen MR) is 67.0 cm³/mol. The van der Waals surface area contributed by atoms with Crippen molar-refractivity contribution in [2.75, 3.05) is 12.4 Å². The molecule has 0 spiro atoms. The van der Waals surface area contributed by atoms with Crippen LogP contribution in [0.4, 0.5) is 5.82 Å². The second-order valence-electron chi connectivity index (χ2n) is 5.05. The minimum Gasteiger partial charge on any atom is -0.378 e. The van der Waals surface area contributed by atoms with Gasteiger partial charge in [0.2, 0.25) is 5.91 Å². The molecule has 5 heteroatoms. The average Bonchev–Trinajstić information content (AvgIpc) is 2.65. The van der Waals surface area contributed by atoms with Crippen LogP contribution in [-0.2, 0) is 9.53 Å². The van der Waals surface area contributed by atoms with Crippen LogP contribution in [0.25, 0.3) is 0 Å². The molecular formula is C12H21N3O2. The van der Waals surface area contributed by atoms with Gasteiger partial charge in [0, 0.05) is 18.9 Å². The first kappa shape index (κ1) is 13.7. The molecule has 2 N–H and O–H groups in total. The number of amides is 1. The summed E-state index contributed by atoms with van der Waals surface area (Å²) in [6.07, 6.45) is 0.299. The molecule has 1 heterocycles. The minimum absolute atomic E-state index is 0.0985. The van der Waals surface area contributed by atoms with Gasteiger partial charge in [-0.2, -0.15) is 5.10 Å². The normalized spacial score (nSPS) is 11.9. The Bertz CT molecular complexity index is 383. The lowest BCUT2D eigenvalue weighted by Crippen LogP contribution is -2.29. The van der Waals surface area contributed by atoms with Crippen LogP contribution >= 0.6 is 0 Å². The van der Waals surface area contributed by atoms with Crippen LogP contribution in [0.1, 0.15) is 45.7 Å². The molecule has 1 aromatic heterocycles. The molecule has 0 aliphatic carbocycles. The van der Waals surface area contributed by atoms with Gasteiger partial charge in [-0.05, 0) is 19.8 Å². The Hall–Kier alpha value is -1.36. The summed E-state index contributed by atoms with van der Waals surface area (Å²) < 4.78 is 5.20. The van der Waals surface area contributed by atoms with Crippen molar-refractivity contribution in [3.8, 4) is 0 Å². The molecule has 0 fully saturated rings. The van der Waals surface area contributed by atoms with E-state index < -0.39 is 5.60 Å². The molecule has 96 valence electrons. The number of anilines is 1. The number of methoxy groups -OCH3 is 1.